The summed E-state index contributed by atoms with van der Waals surface area (Å²) in [5, 5.41) is 11.0. The van der Waals surface area contributed by atoms with E-state index in [2.05, 4.69) is 30.5 Å². The zero-order valence-electron chi connectivity index (χ0n) is 21.7. The molecule has 194 valence electrons. The number of hydrogen-bond acceptors (Lipinski definition) is 6. The van der Waals surface area contributed by atoms with Crippen LogP contribution in [-0.4, -0.2) is 61.2 Å². The first kappa shape index (κ1) is 25.1. The first-order chi connectivity index (χ1) is 18.4. The lowest BCUT2D eigenvalue weighted by atomic mass is 10.1. The van der Waals surface area contributed by atoms with Crippen LogP contribution >= 0.6 is 0 Å². The molecule has 0 spiro atoms. The van der Waals surface area contributed by atoms with Crippen molar-refractivity contribution in [3.8, 4) is 11.5 Å². The van der Waals surface area contributed by atoms with Crippen LogP contribution in [0.4, 0.5) is 0 Å². The Morgan fingerprint density at radius 1 is 1.21 bits per heavy atom. The standard InChI is InChI=1S/C28H30N8O2/c1-4-29-16-19(31-27(37)17(2)3)11-10-18-14-21-24(34-35-25(21)30-15-18)26-32-22-9-7-8-20(23(22)33-26)28(38)36-12-5-6-13-36/h4,7-11,14-17H,5-6,12-13H2,1-3H3,(H,31,37)(H,32,33)(H,30,34,35)/b11-10+,19-16+,29-4?. The van der Waals surface area contributed by atoms with Crippen LogP contribution in [0, 0.1) is 5.92 Å². The Kier molecular flexibility index (Phi) is 7.12. The first-order valence-corrected chi connectivity index (χ1v) is 12.7. The molecule has 4 heterocycles. The highest BCUT2D eigenvalue weighted by molar-refractivity contribution is 6.06. The Labute approximate surface area is 220 Å². The number of nitrogens with one attached hydrogen (secondary N) is 3. The van der Waals surface area contributed by atoms with Gasteiger partial charge in [-0.1, -0.05) is 26.0 Å². The molecule has 1 fully saturated rings. The van der Waals surface area contributed by atoms with E-state index in [-0.39, 0.29) is 17.7 Å². The van der Waals surface area contributed by atoms with E-state index in [9.17, 15) is 9.59 Å². The Hall–Kier alpha value is -4.60. The van der Waals surface area contributed by atoms with Crippen LogP contribution < -0.4 is 5.32 Å². The number of benzene rings is 1. The molecule has 0 unspecified atom stereocenters. The molecule has 5 rings (SSSR count). The molecule has 1 saturated heterocycles. The summed E-state index contributed by atoms with van der Waals surface area (Å²) in [6.45, 7) is 7.04. The zero-order chi connectivity index (χ0) is 26.6. The molecule has 0 radical (unpaired) electrons. The lowest BCUT2D eigenvalue weighted by Crippen LogP contribution is -2.27. The molecule has 38 heavy (non-hydrogen) atoms. The van der Waals surface area contributed by atoms with E-state index in [1.165, 1.54) is 0 Å². The number of aliphatic imine (C=N–C) groups is 1. The van der Waals surface area contributed by atoms with Crippen molar-refractivity contribution in [2.75, 3.05) is 13.1 Å². The van der Waals surface area contributed by atoms with Gasteiger partial charge in [0.15, 0.2) is 11.5 Å². The summed E-state index contributed by atoms with van der Waals surface area (Å²) in [5.41, 5.74) is 4.62. The summed E-state index contributed by atoms with van der Waals surface area (Å²) in [6, 6.07) is 7.56. The van der Waals surface area contributed by atoms with Gasteiger partial charge in [-0.2, -0.15) is 5.10 Å². The van der Waals surface area contributed by atoms with Crippen LogP contribution in [-0.2, 0) is 4.79 Å². The van der Waals surface area contributed by atoms with Crippen LogP contribution in [0.3, 0.4) is 0 Å². The minimum atomic E-state index is -0.154. The summed E-state index contributed by atoms with van der Waals surface area (Å²) in [4.78, 5) is 43.9. The number of para-hydroxylation sites is 1. The van der Waals surface area contributed by atoms with Crippen molar-refractivity contribution in [2.45, 2.75) is 33.6 Å². The van der Waals surface area contributed by atoms with Crippen molar-refractivity contribution >= 4 is 46.2 Å². The summed E-state index contributed by atoms with van der Waals surface area (Å²) in [6.07, 6.45) is 10.7. The maximum Gasteiger partial charge on any atom is 0.256 e. The van der Waals surface area contributed by atoms with Gasteiger partial charge >= 0.3 is 0 Å². The molecule has 4 aromatic rings. The Morgan fingerprint density at radius 2 is 2.03 bits per heavy atom. The highest BCUT2D eigenvalue weighted by Gasteiger charge is 2.23. The normalized spacial score (nSPS) is 14.6. The summed E-state index contributed by atoms with van der Waals surface area (Å²) in [5.74, 6) is 0.342. The molecule has 3 aromatic heterocycles. The SMILES string of the molecule is CC=N/C=C(\C=C\c1cnc2n[nH]c(-c3nc4c(C(=O)N5CCCC5)cccc4[nH]3)c2c1)NC(=O)C(C)C. The number of fused-ring (bicyclic) bond motifs is 2. The number of nitrogens with zero attached hydrogens (tertiary/aromatic N) is 5. The van der Waals surface area contributed by atoms with E-state index in [0.29, 0.717) is 33.9 Å². The monoisotopic (exact) mass is 510 g/mol. The van der Waals surface area contributed by atoms with Gasteiger partial charge in [0.25, 0.3) is 5.91 Å². The average molecular weight is 511 g/mol. The topological polar surface area (TPSA) is 132 Å². The van der Waals surface area contributed by atoms with Crippen molar-refractivity contribution in [3.63, 3.8) is 0 Å². The van der Waals surface area contributed by atoms with Crippen LogP contribution in [0.2, 0.25) is 0 Å². The third-order valence-corrected chi connectivity index (χ3v) is 6.41. The lowest BCUT2D eigenvalue weighted by molar-refractivity contribution is -0.123. The quantitative estimate of drug-likeness (QED) is 0.250. The molecule has 0 aliphatic carbocycles. The number of rotatable bonds is 7. The second kappa shape index (κ2) is 10.8. The number of carbonyl (C=O) groups is 2. The number of aromatic nitrogens is 5. The van der Waals surface area contributed by atoms with Crippen LogP contribution in [0.1, 0.15) is 49.5 Å². The Bertz CT molecular complexity index is 1580. The highest BCUT2D eigenvalue weighted by Crippen LogP contribution is 2.28. The van der Waals surface area contributed by atoms with Crippen LogP contribution in [0.15, 0.2) is 53.4 Å². The average Bonchev–Trinajstić information content (AvgIpc) is 3.68. The number of allylic oxidation sites excluding steroid dienone is 1. The predicted molar refractivity (Wildman–Crippen MR) is 148 cm³/mol. The van der Waals surface area contributed by atoms with Gasteiger partial charge in [0.1, 0.15) is 11.2 Å². The highest BCUT2D eigenvalue weighted by atomic mass is 16.2. The molecule has 1 aromatic carbocycles. The van der Waals surface area contributed by atoms with Gasteiger partial charge in [-0.05, 0) is 49.6 Å². The Morgan fingerprint density at radius 3 is 2.79 bits per heavy atom. The van der Waals surface area contributed by atoms with Crippen molar-refractivity contribution < 1.29 is 9.59 Å². The number of pyridine rings is 1. The largest absolute Gasteiger partial charge is 0.339 e. The fourth-order valence-corrected chi connectivity index (χ4v) is 4.35. The van der Waals surface area contributed by atoms with Gasteiger partial charge in [0.05, 0.1) is 22.2 Å². The number of aromatic amines is 2. The van der Waals surface area contributed by atoms with E-state index >= 15 is 0 Å². The number of likely N-dealkylation sites (tertiary alicyclic amines) is 1. The van der Waals surface area contributed by atoms with E-state index in [0.717, 1.165) is 42.4 Å². The summed E-state index contributed by atoms with van der Waals surface area (Å²) < 4.78 is 0. The zero-order valence-corrected chi connectivity index (χ0v) is 21.7. The smallest absolute Gasteiger partial charge is 0.256 e. The van der Waals surface area contributed by atoms with Crippen LogP contribution in [0.5, 0.6) is 0 Å². The molecule has 0 bridgehead atoms. The fourth-order valence-electron chi connectivity index (χ4n) is 4.35. The molecular weight excluding hydrogens is 480 g/mol. The molecule has 10 nitrogen and oxygen atoms in total. The van der Waals surface area contributed by atoms with Crippen LogP contribution in [0.25, 0.3) is 39.7 Å². The van der Waals surface area contributed by atoms with Gasteiger partial charge in [0.2, 0.25) is 5.91 Å². The third kappa shape index (κ3) is 5.10. The molecule has 1 aliphatic rings. The maximum atomic E-state index is 13.1. The third-order valence-electron chi connectivity index (χ3n) is 6.41. The lowest BCUT2D eigenvalue weighted by Gasteiger charge is -2.15. The second-order valence-corrected chi connectivity index (χ2v) is 9.49. The molecule has 3 N–H and O–H groups in total. The minimum absolute atomic E-state index is 0.00975. The number of imidazole rings is 1. The van der Waals surface area contributed by atoms with E-state index in [4.69, 9.17) is 4.98 Å². The van der Waals surface area contributed by atoms with E-state index in [1.807, 2.05) is 56.0 Å². The van der Waals surface area contributed by atoms with Gasteiger partial charge in [0, 0.05) is 37.6 Å². The molecule has 2 amide bonds. The summed E-state index contributed by atoms with van der Waals surface area (Å²) in [7, 11) is 0. The van der Waals surface area contributed by atoms with Gasteiger partial charge in [-0.3, -0.25) is 19.7 Å². The van der Waals surface area contributed by atoms with E-state index < -0.39 is 0 Å². The number of carbonyl (C=O) groups excluding carboxylic acids is 2. The van der Waals surface area contributed by atoms with Gasteiger partial charge < -0.3 is 15.2 Å². The second-order valence-electron chi connectivity index (χ2n) is 9.49. The van der Waals surface area contributed by atoms with Gasteiger partial charge in [-0.15, -0.1) is 0 Å². The summed E-state index contributed by atoms with van der Waals surface area (Å²) >= 11 is 0. The van der Waals surface area contributed by atoms with Crippen molar-refractivity contribution in [2.24, 2.45) is 10.9 Å². The van der Waals surface area contributed by atoms with Crippen molar-refractivity contribution in [3.05, 3.63) is 59.6 Å². The molecule has 10 heteroatoms. The molecule has 1 aliphatic heterocycles. The van der Waals surface area contributed by atoms with Gasteiger partial charge in [-0.25, -0.2) is 9.97 Å². The fraction of sp³-hybridized carbons (Fsp3) is 0.286. The van der Waals surface area contributed by atoms with E-state index in [1.54, 1.807) is 24.7 Å². The molecular formula is C28H30N8O2. The van der Waals surface area contributed by atoms with Crippen molar-refractivity contribution in [1.82, 2.24) is 35.4 Å². The predicted octanol–water partition coefficient (Wildman–Crippen LogP) is 4.45. The molecule has 0 atom stereocenters. The Balaban J connectivity index is 1.47. The maximum absolute atomic E-state index is 13.1. The minimum Gasteiger partial charge on any atom is -0.339 e. The number of amides is 2. The van der Waals surface area contributed by atoms with Crippen molar-refractivity contribution in [1.29, 1.82) is 0 Å². The number of hydrogen-bond donors (Lipinski definition) is 3. The molecule has 0 saturated carbocycles. The number of H-pyrrole nitrogens is 2. The first-order valence-electron chi connectivity index (χ1n) is 12.7.